The lowest BCUT2D eigenvalue weighted by Gasteiger charge is -2.29. The molecule has 2 amide bonds. The van der Waals surface area contributed by atoms with Crippen molar-refractivity contribution in [2.75, 3.05) is 31.4 Å². The summed E-state index contributed by atoms with van der Waals surface area (Å²) in [4.78, 5) is 24.7. The number of nitrogens with two attached hydrogens (primary N) is 1. The van der Waals surface area contributed by atoms with E-state index in [4.69, 9.17) is 19.9 Å². The quantitative estimate of drug-likeness (QED) is 0.155. The summed E-state index contributed by atoms with van der Waals surface area (Å²) in [7, 11) is 2.95. The highest BCUT2D eigenvalue weighted by Crippen LogP contribution is 2.42. The molecule has 0 spiro atoms. The Bertz CT molecular complexity index is 1220. The number of fused-ring (bicyclic) bond motifs is 2. The Hall–Kier alpha value is -3.51. The van der Waals surface area contributed by atoms with Crippen LogP contribution in [0.25, 0.3) is 0 Å². The number of anilines is 2. The van der Waals surface area contributed by atoms with Crippen molar-refractivity contribution < 1.29 is 51.5 Å². The van der Waals surface area contributed by atoms with E-state index in [1.165, 1.54) is 26.4 Å². The number of ether oxygens (including phenoxy) is 3. The summed E-state index contributed by atoms with van der Waals surface area (Å²) < 4.78 is 16.6. The second-order valence-corrected chi connectivity index (χ2v) is 10.6. The number of aliphatic hydroxyl groups excluding tert-OH is 1. The van der Waals surface area contributed by atoms with Crippen molar-refractivity contribution in [3.05, 3.63) is 59.7 Å². The van der Waals surface area contributed by atoms with Gasteiger partial charge in [0.1, 0.15) is 17.6 Å². The number of aromatic hydroxyl groups is 2. The predicted octanol–water partition coefficient (Wildman–Crippen LogP) is 1.16. The van der Waals surface area contributed by atoms with Gasteiger partial charge in [-0.1, -0.05) is 44.2 Å². The number of amides is 2. The van der Waals surface area contributed by atoms with Crippen molar-refractivity contribution in [3.8, 4) is 11.5 Å². The van der Waals surface area contributed by atoms with Crippen LogP contribution in [0.4, 0.5) is 16.2 Å². The highest BCUT2D eigenvalue weighted by molar-refractivity contribution is 6.04. The van der Waals surface area contributed by atoms with Crippen molar-refractivity contribution in [2.45, 2.75) is 65.0 Å². The number of hydrogen-bond donors (Lipinski definition) is 6. The summed E-state index contributed by atoms with van der Waals surface area (Å²) >= 11 is 0. The zero-order valence-electron chi connectivity index (χ0n) is 25.6. The van der Waals surface area contributed by atoms with Crippen molar-refractivity contribution >= 4 is 23.4 Å². The Balaban J connectivity index is 0.00000924. The van der Waals surface area contributed by atoms with Crippen molar-refractivity contribution in [3.63, 3.8) is 0 Å². The fourth-order valence-corrected chi connectivity index (χ4v) is 4.98. The largest absolute Gasteiger partial charge is 1.00 e. The number of phenols is 2. The van der Waals surface area contributed by atoms with Crippen LogP contribution < -0.4 is 28.8 Å². The van der Waals surface area contributed by atoms with Gasteiger partial charge < -0.3 is 58.3 Å². The Morgan fingerprint density at radius 1 is 1.23 bits per heavy atom. The number of hydrogen-bond acceptors (Lipinski definition) is 9. The number of halogens is 1. The Kier molecular flexibility index (Phi) is 15.3. The van der Waals surface area contributed by atoms with Gasteiger partial charge in [0.25, 0.3) is 5.91 Å². The molecule has 6 atom stereocenters. The number of benzene rings is 1. The summed E-state index contributed by atoms with van der Waals surface area (Å²) in [6.07, 6.45) is 4.64. The molecule has 2 rings (SSSR count). The zero-order valence-corrected chi connectivity index (χ0v) is 26.4. The van der Waals surface area contributed by atoms with Gasteiger partial charge in [-0.25, -0.2) is 4.79 Å². The summed E-state index contributed by atoms with van der Waals surface area (Å²) in [6.45, 7) is 11.1. The first-order valence-corrected chi connectivity index (χ1v) is 13.8. The van der Waals surface area contributed by atoms with Crippen molar-refractivity contribution in [2.24, 2.45) is 17.6 Å². The minimum absolute atomic E-state index is 0. The molecule has 1 aliphatic heterocycles. The first-order chi connectivity index (χ1) is 19.8. The van der Waals surface area contributed by atoms with Gasteiger partial charge in [0, 0.05) is 43.9 Å². The molecule has 12 heteroatoms. The molecule has 0 radical (unpaired) electrons. The zero-order chi connectivity index (χ0) is 31.6. The highest BCUT2D eigenvalue weighted by Gasteiger charge is 2.30. The number of methoxy groups -OCH3 is 2. The maximum Gasteiger partial charge on any atom is 0.405 e. The first-order valence-electron chi connectivity index (χ1n) is 13.8. The number of rotatable bonds is 6. The van der Waals surface area contributed by atoms with Gasteiger partial charge >= 0.3 is 6.09 Å². The van der Waals surface area contributed by atoms with Crippen LogP contribution in [-0.2, 0) is 25.4 Å². The molecule has 43 heavy (non-hydrogen) atoms. The van der Waals surface area contributed by atoms with Crippen LogP contribution in [0.5, 0.6) is 11.5 Å². The maximum atomic E-state index is 13.0. The summed E-state index contributed by atoms with van der Waals surface area (Å²) in [6, 6.07) is 1.28. The van der Waals surface area contributed by atoms with E-state index < -0.39 is 42.3 Å². The number of carbonyl (C=O) groups excluding carboxylic acids is 2. The molecule has 0 fully saturated rings. The van der Waals surface area contributed by atoms with E-state index in [0.29, 0.717) is 41.8 Å². The van der Waals surface area contributed by atoms with Crippen molar-refractivity contribution in [1.82, 2.24) is 0 Å². The van der Waals surface area contributed by atoms with E-state index >= 15 is 0 Å². The Morgan fingerprint density at radius 3 is 2.49 bits per heavy atom. The minimum Gasteiger partial charge on any atom is -1.00 e. The van der Waals surface area contributed by atoms with Gasteiger partial charge in [0.2, 0.25) is 0 Å². The molecular formula is C31H45ClN3O8-. The number of aliphatic hydroxyl groups is 1. The molecule has 7 N–H and O–H groups in total. The molecule has 0 aliphatic carbocycles. The summed E-state index contributed by atoms with van der Waals surface area (Å²) in [5, 5.41) is 39.1. The van der Waals surface area contributed by atoms with E-state index in [-0.39, 0.29) is 35.5 Å². The fourth-order valence-electron chi connectivity index (χ4n) is 4.98. The van der Waals surface area contributed by atoms with Crippen LogP contribution >= 0.6 is 0 Å². The molecular weight excluding hydrogens is 578 g/mol. The molecule has 240 valence electrons. The number of carbonyl (C=O) groups is 2. The lowest BCUT2D eigenvalue weighted by atomic mass is 9.87. The first kappa shape index (κ1) is 37.5. The van der Waals surface area contributed by atoms with Crippen LogP contribution in [0.15, 0.2) is 54.2 Å². The Morgan fingerprint density at radius 2 is 1.91 bits per heavy atom. The average Bonchev–Trinajstić information content (AvgIpc) is 2.94. The van der Waals surface area contributed by atoms with E-state index in [2.05, 4.69) is 17.2 Å². The standard InChI is InChI=1S/C31H45N3O8.ClH/c1-8-12-33-26-21-13-17(2)14-25(41-7)27(36)19(4)15-20(5)29(42-31(32)39)24(40-6)11-9-10-18(3)30(38)34-22(28(21)37)16-23(26)35;/h8-11,15-17,19,24-25,27,29,33,35-37H,1,12-14H2,2-7H3,(H2,32,39)(H,34,38);1H/p-1/b11-9-,18-10+,20-15+;/t17-,19+,24+,25+,27-,29+;/m1./s1. The third-order valence-corrected chi connectivity index (χ3v) is 7.25. The summed E-state index contributed by atoms with van der Waals surface area (Å²) in [5.41, 5.74) is 7.01. The molecule has 1 aliphatic rings. The van der Waals surface area contributed by atoms with Crippen LogP contribution in [0.2, 0.25) is 0 Å². The Labute approximate surface area is 259 Å². The van der Waals surface area contributed by atoms with Gasteiger partial charge in [-0.3, -0.25) is 4.79 Å². The van der Waals surface area contributed by atoms with Gasteiger partial charge in [-0.2, -0.15) is 0 Å². The fraction of sp³-hybridized carbons (Fsp3) is 0.484. The molecule has 11 nitrogen and oxygen atoms in total. The average molecular weight is 623 g/mol. The predicted molar refractivity (Wildman–Crippen MR) is 162 cm³/mol. The van der Waals surface area contributed by atoms with Crippen LogP contribution in [-0.4, -0.2) is 72.5 Å². The topological polar surface area (TPSA) is 173 Å². The van der Waals surface area contributed by atoms with E-state index in [1.54, 1.807) is 38.2 Å². The second kappa shape index (κ2) is 17.6. The minimum atomic E-state index is -0.990. The lowest BCUT2D eigenvalue weighted by Crippen LogP contribution is -3.00. The molecule has 0 saturated heterocycles. The normalized spacial score (nSPS) is 28.6. The number of allylic oxidation sites excluding steroid dienone is 2. The monoisotopic (exact) mass is 622 g/mol. The summed E-state index contributed by atoms with van der Waals surface area (Å²) in [5.74, 6) is -1.41. The molecule has 0 unspecified atom stereocenters. The van der Waals surface area contributed by atoms with E-state index in [9.17, 15) is 24.9 Å². The molecule has 0 aromatic heterocycles. The molecule has 2 bridgehead atoms. The molecule has 1 aromatic rings. The maximum absolute atomic E-state index is 13.0. The van der Waals surface area contributed by atoms with Crippen molar-refractivity contribution in [1.29, 1.82) is 0 Å². The molecule has 1 heterocycles. The van der Waals surface area contributed by atoms with Gasteiger partial charge in [0.15, 0.2) is 6.10 Å². The van der Waals surface area contributed by atoms with Crippen LogP contribution in [0.3, 0.4) is 0 Å². The number of phenolic OH excluding ortho intramolecular Hbond substituents is 2. The van der Waals surface area contributed by atoms with E-state index in [0.717, 1.165) is 0 Å². The highest BCUT2D eigenvalue weighted by atomic mass is 35.5. The van der Waals surface area contributed by atoms with Crippen LogP contribution in [0.1, 0.15) is 39.7 Å². The third-order valence-electron chi connectivity index (χ3n) is 7.25. The molecule has 0 saturated carbocycles. The second-order valence-electron chi connectivity index (χ2n) is 10.6. The van der Waals surface area contributed by atoms with E-state index in [1.807, 2.05) is 13.8 Å². The number of primary amides is 1. The molecule has 1 aromatic carbocycles. The number of nitrogens with one attached hydrogen (secondary N) is 2. The third kappa shape index (κ3) is 10.3. The van der Waals surface area contributed by atoms with Gasteiger partial charge in [0.05, 0.1) is 23.6 Å². The van der Waals surface area contributed by atoms with Gasteiger partial charge in [-0.15, -0.1) is 6.58 Å². The smallest absolute Gasteiger partial charge is 0.405 e. The SMILES string of the molecule is C=CCNc1c(O)cc2c(O)c1C[C@@H](C)C[C@H](OC)[C@H](O)[C@@H](C)/C=C(\C)[C@H](OC(N)=O)[C@@H](OC)/C=C\C=C(/C)C(=O)N2.[Cl-]. The van der Waals surface area contributed by atoms with Gasteiger partial charge in [-0.05, 0) is 38.2 Å². The lowest BCUT2D eigenvalue weighted by molar-refractivity contribution is -0.112. The van der Waals surface area contributed by atoms with Crippen LogP contribution in [0, 0.1) is 11.8 Å².